The zero-order valence-electron chi connectivity index (χ0n) is 15.8. The van der Waals surface area contributed by atoms with Gasteiger partial charge in [-0.15, -0.1) is 0 Å². The topological polar surface area (TPSA) is 112 Å². The number of likely N-dealkylation sites (tertiary alicyclic amines) is 1. The summed E-state index contributed by atoms with van der Waals surface area (Å²) < 4.78 is 5.47. The van der Waals surface area contributed by atoms with Crippen LogP contribution in [0.2, 0.25) is 0 Å². The Labute approximate surface area is 162 Å². The van der Waals surface area contributed by atoms with Crippen LogP contribution in [0.1, 0.15) is 32.0 Å². The largest absolute Gasteiger partial charge is 0.441 e. The van der Waals surface area contributed by atoms with Gasteiger partial charge in [0.05, 0.1) is 6.54 Å². The average Bonchev–Trinajstić information content (AvgIpc) is 3.26. The molecule has 4 rings (SSSR count). The number of amides is 3. The number of carbonyl (C=O) groups excluding carboxylic acids is 2. The highest BCUT2D eigenvalue weighted by Gasteiger charge is 2.41. The Kier molecular flexibility index (Phi) is 4.89. The predicted octanol–water partition coefficient (Wildman–Crippen LogP) is 2.53. The minimum atomic E-state index is -0.478. The van der Waals surface area contributed by atoms with Crippen molar-refractivity contribution in [3.8, 4) is 11.4 Å². The average molecular weight is 384 g/mol. The summed E-state index contributed by atoms with van der Waals surface area (Å²) in [7, 11) is 0. The summed E-state index contributed by atoms with van der Waals surface area (Å²) in [5.41, 5.74) is 1.06. The van der Waals surface area contributed by atoms with Gasteiger partial charge in [0.2, 0.25) is 0 Å². The fourth-order valence-corrected chi connectivity index (χ4v) is 3.67. The summed E-state index contributed by atoms with van der Waals surface area (Å²) in [5.74, 6) is 1.44. The van der Waals surface area contributed by atoms with Gasteiger partial charge in [0.15, 0.2) is 5.82 Å². The molecule has 0 bridgehead atoms. The van der Waals surface area contributed by atoms with Crippen molar-refractivity contribution >= 4 is 17.8 Å². The molecule has 148 valence electrons. The lowest BCUT2D eigenvalue weighted by atomic mass is 9.95. The molecular weight excluding hydrogens is 360 g/mol. The molecule has 0 saturated carbocycles. The SMILES string of the molecule is CCc1nc(-c2cccc(NC(=O)N3CCCC4(CC3)CNC(=O)O4)c2)n[nH]1. The number of anilines is 1. The number of ether oxygens (including phenoxy) is 1. The molecule has 2 aromatic rings. The number of nitrogens with one attached hydrogen (secondary N) is 3. The van der Waals surface area contributed by atoms with E-state index in [1.165, 1.54) is 0 Å². The Bertz CT molecular complexity index is 882. The first-order valence-corrected chi connectivity index (χ1v) is 9.61. The van der Waals surface area contributed by atoms with E-state index in [-0.39, 0.29) is 12.1 Å². The van der Waals surface area contributed by atoms with Crippen molar-refractivity contribution < 1.29 is 14.3 Å². The quantitative estimate of drug-likeness (QED) is 0.753. The summed E-state index contributed by atoms with van der Waals surface area (Å²) in [4.78, 5) is 30.4. The summed E-state index contributed by atoms with van der Waals surface area (Å²) in [6.45, 7) is 3.70. The second-order valence-corrected chi connectivity index (χ2v) is 7.24. The first-order chi connectivity index (χ1) is 13.6. The molecule has 3 N–H and O–H groups in total. The van der Waals surface area contributed by atoms with Gasteiger partial charge in [-0.3, -0.25) is 5.10 Å². The van der Waals surface area contributed by atoms with E-state index in [0.717, 1.165) is 30.7 Å². The van der Waals surface area contributed by atoms with Crippen molar-refractivity contribution in [3.05, 3.63) is 30.1 Å². The van der Waals surface area contributed by atoms with Crippen LogP contribution in [0.4, 0.5) is 15.3 Å². The lowest BCUT2D eigenvalue weighted by Crippen LogP contribution is -2.38. The number of alkyl carbamates (subject to hydrolysis) is 1. The summed E-state index contributed by atoms with van der Waals surface area (Å²) in [5, 5.41) is 12.8. The van der Waals surface area contributed by atoms with Crippen LogP contribution in [-0.4, -0.2) is 57.4 Å². The highest BCUT2D eigenvalue weighted by Crippen LogP contribution is 2.29. The minimum absolute atomic E-state index is 0.157. The number of nitrogens with zero attached hydrogens (tertiary/aromatic N) is 3. The van der Waals surface area contributed by atoms with Gasteiger partial charge >= 0.3 is 12.1 Å². The Hall–Kier alpha value is -3.10. The summed E-state index contributed by atoms with van der Waals surface area (Å²) in [6.07, 6.45) is 2.60. The third-order valence-corrected chi connectivity index (χ3v) is 5.29. The Morgan fingerprint density at radius 1 is 1.36 bits per heavy atom. The lowest BCUT2D eigenvalue weighted by Gasteiger charge is -2.25. The molecule has 1 aromatic carbocycles. The number of benzene rings is 1. The molecule has 2 saturated heterocycles. The zero-order valence-corrected chi connectivity index (χ0v) is 15.8. The minimum Gasteiger partial charge on any atom is -0.441 e. The first-order valence-electron chi connectivity index (χ1n) is 9.61. The van der Waals surface area contributed by atoms with Crippen LogP contribution < -0.4 is 10.6 Å². The van der Waals surface area contributed by atoms with Gasteiger partial charge in [0.1, 0.15) is 11.4 Å². The molecule has 3 heterocycles. The van der Waals surface area contributed by atoms with Gasteiger partial charge in [0.25, 0.3) is 0 Å². The Morgan fingerprint density at radius 2 is 2.25 bits per heavy atom. The molecule has 2 fully saturated rings. The van der Waals surface area contributed by atoms with Crippen molar-refractivity contribution in [2.24, 2.45) is 0 Å². The molecule has 1 aromatic heterocycles. The van der Waals surface area contributed by atoms with Crippen LogP contribution in [0.3, 0.4) is 0 Å². The van der Waals surface area contributed by atoms with Crippen LogP contribution in [0.25, 0.3) is 11.4 Å². The number of aryl methyl sites for hydroxylation is 1. The van der Waals surface area contributed by atoms with Crippen molar-refractivity contribution in [2.75, 3.05) is 25.0 Å². The standard InChI is InChI=1S/C19H24N6O3/c1-2-15-22-16(24-23-15)13-5-3-6-14(11-13)21-17(26)25-9-4-7-19(8-10-25)12-20-18(27)28-19/h3,5-6,11H,2,4,7-10,12H2,1H3,(H,20,27)(H,21,26)(H,22,23,24). The summed E-state index contributed by atoms with van der Waals surface area (Å²) >= 11 is 0. The Morgan fingerprint density at radius 3 is 3.00 bits per heavy atom. The molecule has 1 spiro atoms. The van der Waals surface area contributed by atoms with Crippen molar-refractivity contribution in [1.82, 2.24) is 25.4 Å². The maximum absolute atomic E-state index is 12.7. The molecule has 1 unspecified atom stereocenters. The predicted molar refractivity (Wildman–Crippen MR) is 103 cm³/mol. The summed E-state index contributed by atoms with van der Waals surface area (Å²) in [6, 6.07) is 7.33. The molecule has 9 nitrogen and oxygen atoms in total. The molecule has 2 aliphatic heterocycles. The smallest absolute Gasteiger partial charge is 0.407 e. The van der Waals surface area contributed by atoms with Crippen LogP contribution in [0, 0.1) is 0 Å². The molecule has 28 heavy (non-hydrogen) atoms. The third kappa shape index (κ3) is 3.78. The van der Waals surface area contributed by atoms with Crippen molar-refractivity contribution in [2.45, 2.75) is 38.2 Å². The number of hydrogen-bond donors (Lipinski definition) is 3. The number of urea groups is 1. The number of H-pyrrole nitrogens is 1. The second-order valence-electron chi connectivity index (χ2n) is 7.24. The molecule has 9 heteroatoms. The van der Waals surface area contributed by atoms with Crippen LogP contribution in [0.15, 0.2) is 24.3 Å². The van der Waals surface area contributed by atoms with E-state index in [1.54, 1.807) is 4.90 Å². The lowest BCUT2D eigenvalue weighted by molar-refractivity contribution is 0.0454. The van der Waals surface area contributed by atoms with Gasteiger partial charge in [-0.25, -0.2) is 14.6 Å². The van der Waals surface area contributed by atoms with Gasteiger partial charge < -0.3 is 20.3 Å². The zero-order chi connectivity index (χ0) is 19.6. The number of aromatic nitrogens is 3. The normalized spacial score (nSPS) is 21.9. The van der Waals surface area contributed by atoms with Crippen LogP contribution in [0.5, 0.6) is 0 Å². The van der Waals surface area contributed by atoms with E-state index in [0.29, 0.717) is 37.6 Å². The maximum Gasteiger partial charge on any atom is 0.407 e. The molecule has 1 atom stereocenters. The molecule has 2 aliphatic rings. The van der Waals surface area contributed by atoms with Gasteiger partial charge in [-0.2, -0.15) is 5.10 Å². The van der Waals surface area contributed by atoms with Gasteiger partial charge in [0, 0.05) is 37.2 Å². The van der Waals surface area contributed by atoms with Crippen molar-refractivity contribution in [1.29, 1.82) is 0 Å². The van der Waals surface area contributed by atoms with E-state index >= 15 is 0 Å². The second kappa shape index (κ2) is 7.49. The fourth-order valence-electron chi connectivity index (χ4n) is 3.67. The molecule has 3 amide bonds. The number of hydrogen-bond acceptors (Lipinski definition) is 5. The first kappa shape index (κ1) is 18.3. The monoisotopic (exact) mass is 384 g/mol. The maximum atomic E-state index is 12.7. The van der Waals surface area contributed by atoms with E-state index in [1.807, 2.05) is 31.2 Å². The highest BCUT2D eigenvalue weighted by molar-refractivity contribution is 5.90. The van der Waals surface area contributed by atoms with E-state index in [2.05, 4.69) is 25.8 Å². The number of rotatable bonds is 3. The molecule has 0 aliphatic carbocycles. The van der Waals surface area contributed by atoms with Crippen molar-refractivity contribution in [3.63, 3.8) is 0 Å². The molecule has 0 radical (unpaired) electrons. The Balaban J connectivity index is 1.41. The number of carbonyl (C=O) groups is 2. The van der Waals surface area contributed by atoms with E-state index < -0.39 is 5.60 Å². The van der Waals surface area contributed by atoms with Gasteiger partial charge in [-0.05, 0) is 25.0 Å². The fraction of sp³-hybridized carbons (Fsp3) is 0.474. The highest BCUT2D eigenvalue weighted by atomic mass is 16.6. The van der Waals surface area contributed by atoms with E-state index in [4.69, 9.17) is 4.74 Å². The van der Waals surface area contributed by atoms with Gasteiger partial charge in [-0.1, -0.05) is 19.1 Å². The third-order valence-electron chi connectivity index (χ3n) is 5.29. The molecular formula is C19H24N6O3. The van der Waals surface area contributed by atoms with E-state index in [9.17, 15) is 9.59 Å². The van der Waals surface area contributed by atoms with Crippen LogP contribution >= 0.6 is 0 Å². The van der Waals surface area contributed by atoms with Crippen LogP contribution in [-0.2, 0) is 11.2 Å². The number of aromatic amines is 1.